The van der Waals surface area contributed by atoms with E-state index in [1.165, 1.54) is 23.1 Å². The summed E-state index contributed by atoms with van der Waals surface area (Å²) < 4.78 is 13.1. The first-order valence-corrected chi connectivity index (χ1v) is 5.80. The lowest BCUT2D eigenvalue weighted by molar-refractivity contribution is -0.156. The molecule has 0 aromatic heterocycles. The number of aliphatic carboxylic acids is 1. The Morgan fingerprint density at radius 3 is 2.89 bits per heavy atom. The predicted molar refractivity (Wildman–Crippen MR) is 62.5 cm³/mol. The first-order chi connectivity index (χ1) is 8.56. The minimum absolute atomic E-state index is 0.285. The first-order valence-electron chi connectivity index (χ1n) is 5.80. The fourth-order valence-electron chi connectivity index (χ4n) is 2.70. The maximum absolute atomic E-state index is 13.1. The predicted octanol–water partition coefficient (Wildman–Crippen LogP) is 1.53. The number of hydrogen-bond acceptors (Lipinski definition) is 2. The van der Waals surface area contributed by atoms with E-state index in [0.717, 1.165) is 0 Å². The lowest BCUT2D eigenvalue weighted by atomic mass is 9.90. The van der Waals surface area contributed by atoms with E-state index in [0.29, 0.717) is 30.5 Å². The summed E-state index contributed by atoms with van der Waals surface area (Å²) in [6.45, 7) is 2.02. The van der Waals surface area contributed by atoms with Crippen LogP contribution in [0.3, 0.4) is 0 Å². The fourth-order valence-corrected chi connectivity index (χ4v) is 2.70. The average Bonchev–Trinajstić information content (AvgIpc) is 2.71. The quantitative estimate of drug-likeness (QED) is 0.826. The van der Waals surface area contributed by atoms with E-state index in [1.807, 2.05) is 0 Å². The Bertz CT molecular complexity index is 503. The Morgan fingerprint density at radius 2 is 2.33 bits per heavy atom. The van der Waals surface area contributed by atoms with Crippen LogP contribution in [0.4, 0.5) is 4.39 Å². The van der Waals surface area contributed by atoms with Crippen molar-refractivity contribution in [1.82, 2.24) is 4.90 Å². The van der Waals surface area contributed by atoms with Crippen LogP contribution in [0, 0.1) is 5.82 Å². The number of carboxylic acid groups (broad SMARTS) is 1. The Hall–Kier alpha value is -1.91. The third kappa shape index (κ3) is 1.58. The Labute approximate surface area is 104 Å². The zero-order valence-electron chi connectivity index (χ0n) is 10.0. The molecule has 4 nitrogen and oxygen atoms in total. The molecule has 96 valence electrons. The molecule has 1 aromatic carbocycles. The number of benzene rings is 1. The number of amides is 1. The molecule has 1 unspecified atom stereocenters. The van der Waals surface area contributed by atoms with Gasteiger partial charge in [0, 0.05) is 6.54 Å². The summed E-state index contributed by atoms with van der Waals surface area (Å²) in [5.41, 5.74) is -0.164. The van der Waals surface area contributed by atoms with Gasteiger partial charge in [0.25, 0.3) is 0 Å². The van der Waals surface area contributed by atoms with Gasteiger partial charge in [0.15, 0.2) is 5.54 Å². The van der Waals surface area contributed by atoms with E-state index in [1.54, 1.807) is 6.92 Å². The van der Waals surface area contributed by atoms with E-state index in [4.69, 9.17) is 0 Å². The van der Waals surface area contributed by atoms with Gasteiger partial charge in [0.1, 0.15) is 5.82 Å². The molecule has 1 atom stereocenters. The molecule has 0 fully saturated rings. The normalized spacial score (nSPS) is 21.4. The van der Waals surface area contributed by atoms with Crippen molar-refractivity contribution in [3.8, 4) is 0 Å². The Morgan fingerprint density at radius 1 is 1.61 bits per heavy atom. The smallest absolute Gasteiger partial charge is 0.334 e. The van der Waals surface area contributed by atoms with Gasteiger partial charge in [-0.15, -0.1) is 0 Å². The number of halogens is 1. The fraction of sp³-hybridized carbons (Fsp3) is 0.385. The summed E-state index contributed by atoms with van der Waals surface area (Å²) in [5.74, 6) is -1.45. The Kier molecular flexibility index (Phi) is 3.07. The standard InChI is InChI=1S/C13H14FNO3/c1-2-15(8-16)13(12(17)18)6-5-9-7-10(14)3-4-11(9)13/h3-4,7-8H,2,5-6H2,1H3,(H,17,18). The number of fused-ring (bicyclic) bond motifs is 1. The number of hydrogen-bond donors (Lipinski definition) is 1. The molecular formula is C13H14FNO3. The largest absolute Gasteiger partial charge is 0.479 e. The highest BCUT2D eigenvalue weighted by Gasteiger charge is 2.49. The molecule has 1 aliphatic carbocycles. The van der Waals surface area contributed by atoms with Crippen LogP contribution >= 0.6 is 0 Å². The highest BCUT2D eigenvalue weighted by molar-refractivity contribution is 5.85. The molecule has 1 aliphatic rings. The van der Waals surface area contributed by atoms with Crippen molar-refractivity contribution in [3.63, 3.8) is 0 Å². The SMILES string of the molecule is CCN(C=O)C1(C(=O)O)CCc2cc(F)ccc21. The molecule has 0 spiro atoms. The van der Waals surface area contributed by atoms with Crippen LogP contribution in [0.1, 0.15) is 24.5 Å². The van der Waals surface area contributed by atoms with E-state index in [2.05, 4.69) is 0 Å². The number of nitrogens with zero attached hydrogens (tertiary/aromatic N) is 1. The molecule has 0 radical (unpaired) electrons. The summed E-state index contributed by atoms with van der Waals surface area (Å²) in [7, 11) is 0. The van der Waals surface area contributed by atoms with Crippen LogP contribution in [-0.4, -0.2) is 28.9 Å². The molecular weight excluding hydrogens is 237 g/mol. The van der Waals surface area contributed by atoms with Gasteiger partial charge in [-0.1, -0.05) is 6.07 Å². The van der Waals surface area contributed by atoms with Crippen LogP contribution in [0.2, 0.25) is 0 Å². The highest BCUT2D eigenvalue weighted by Crippen LogP contribution is 2.41. The summed E-state index contributed by atoms with van der Waals surface area (Å²) in [5, 5.41) is 9.52. The zero-order chi connectivity index (χ0) is 13.3. The van der Waals surface area contributed by atoms with E-state index >= 15 is 0 Å². The van der Waals surface area contributed by atoms with Crippen molar-refractivity contribution in [3.05, 3.63) is 35.1 Å². The third-order valence-electron chi connectivity index (χ3n) is 3.58. The van der Waals surface area contributed by atoms with Crippen molar-refractivity contribution in [1.29, 1.82) is 0 Å². The van der Waals surface area contributed by atoms with Crippen LogP contribution in [0.25, 0.3) is 0 Å². The number of aryl methyl sites for hydroxylation is 1. The number of carboxylic acids is 1. The monoisotopic (exact) mass is 251 g/mol. The summed E-state index contributed by atoms with van der Waals surface area (Å²) in [6, 6.07) is 4.05. The summed E-state index contributed by atoms with van der Waals surface area (Å²) >= 11 is 0. The van der Waals surface area contributed by atoms with Crippen molar-refractivity contribution in [2.45, 2.75) is 25.3 Å². The van der Waals surface area contributed by atoms with Gasteiger partial charge in [-0.3, -0.25) is 4.79 Å². The van der Waals surface area contributed by atoms with Gasteiger partial charge >= 0.3 is 5.97 Å². The van der Waals surface area contributed by atoms with Gasteiger partial charge in [-0.05, 0) is 43.0 Å². The third-order valence-corrected chi connectivity index (χ3v) is 3.58. The van der Waals surface area contributed by atoms with E-state index in [-0.39, 0.29) is 12.2 Å². The Balaban J connectivity index is 2.60. The highest BCUT2D eigenvalue weighted by atomic mass is 19.1. The number of likely N-dealkylation sites (N-methyl/N-ethyl adjacent to an activating group) is 1. The van der Waals surface area contributed by atoms with Crippen molar-refractivity contribution < 1.29 is 19.1 Å². The molecule has 18 heavy (non-hydrogen) atoms. The number of carbonyl (C=O) groups excluding carboxylic acids is 1. The molecule has 5 heteroatoms. The van der Waals surface area contributed by atoms with Gasteiger partial charge in [0.2, 0.25) is 6.41 Å². The molecule has 1 N–H and O–H groups in total. The second-order valence-corrected chi connectivity index (χ2v) is 4.36. The number of rotatable bonds is 4. The lowest BCUT2D eigenvalue weighted by Gasteiger charge is -2.35. The number of carbonyl (C=O) groups is 2. The molecule has 0 saturated carbocycles. The zero-order valence-corrected chi connectivity index (χ0v) is 10.0. The molecule has 0 saturated heterocycles. The van der Waals surface area contributed by atoms with E-state index < -0.39 is 11.5 Å². The van der Waals surface area contributed by atoms with Crippen LogP contribution in [0.15, 0.2) is 18.2 Å². The van der Waals surface area contributed by atoms with Crippen LogP contribution in [0.5, 0.6) is 0 Å². The van der Waals surface area contributed by atoms with Crippen molar-refractivity contribution >= 4 is 12.4 Å². The van der Waals surface area contributed by atoms with Crippen LogP contribution < -0.4 is 0 Å². The molecule has 0 aliphatic heterocycles. The minimum Gasteiger partial charge on any atom is -0.479 e. The molecule has 1 amide bonds. The van der Waals surface area contributed by atoms with Gasteiger partial charge in [-0.25, -0.2) is 9.18 Å². The maximum atomic E-state index is 13.1. The second kappa shape index (κ2) is 4.40. The van der Waals surface area contributed by atoms with Gasteiger partial charge < -0.3 is 10.0 Å². The minimum atomic E-state index is -1.35. The second-order valence-electron chi connectivity index (χ2n) is 4.36. The first kappa shape index (κ1) is 12.5. The van der Waals surface area contributed by atoms with Crippen LogP contribution in [-0.2, 0) is 21.5 Å². The van der Waals surface area contributed by atoms with Crippen molar-refractivity contribution in [2.24, 2.45) is 0 Å². The molecule has 0 heterocycles. The van der Waals surface area contributed by atoms with Gasteiger partial charge in [-0.2, -0.15) is 0 Å². The average molecular weight is 251 g/mol. The molecule has 1 aromatic rings. The summed E-state index contributed by atoms with van der Waals surface area (Å²) in [6.07, 6.45) is 1.30. The topological polar surface area (TPSA) is 57.6 Å². The lowest BCUT2D eigenvalue weighted by Crippen LogP contribution is -2.50. The van der Waals surface area contributed by atoms with E-state index in [9.17, 15) is 19.1 Å². The van der Waals surface area contributed by atoms with Crippen molar-refractivity contribution in [2.75, 3.05) is 6.54 Å². The van der Waals surface area contributed by atoms with Gasteiger partial charge in [0.05, 0.1) is 0 Å². The molecule has 0 bridgehead atoms. The molecule has 2 rings (SSSR count). The maximum Gasteiger partial charge on any atom is 0.334 e. The summed E-state index contributed by atoms with van der Waals surface area (Å²) in [4.78, 5) is 24.0.